The molecule has 0 aliphatic heterocycles. The topological polar surface area (TPSA) is 83.8 Å². The van der Waals surface area contributed by atoms with Gasteiger partial charge in [0.25, 0.3) is 0 Å². The number of nitrogens with one attached hydrogen (secondary N) is 2. The lowest BCUT2D eigenvalue weighted by atomic mass is 9.88. The van der Waals surface area contributed by atoms with Crippen LogP contribution in [0.5, 0.6) is 0 Å². The molecule has 1 fully saturated rings. The van der Waals surface area contributed by atoms with E-state index in [1.165, 1.54) is 6.42 Å². The number of carbonyl (C=O) groups is 1. The molecule has 22 heavy (non-hydrogen) atoms. The van der Waals surface area contributed by atoms with Crippen LogP contribution in [0.15, 0.2) is 30.5 Å². The number of aromatic nitrogens is 2. The highest BCUT2D eigenvalue weighted by Gasteiger charge is 2.21. The number of nitrogens with two attached hydrogens (primary N) is 1. The second-order valence-electron chi connectivity index (χ2n) is 5.59. The number of hydrogen-bond donors (Lipinski definition) is 3. The molecule has 5 nitrogen and oxygen atoms in total. The molecule has 1 saturated carbocycles. The smallest absolute Gasteiger partial charge is 0.227 e. The number of H-pyrrole nitrogens is 1. The minimum Gasteiger partial charge on any atom is -0.369 e. The molecular formula is C16H21ClN4O. The van der Waals surface area contributed by atoms with Gasteiger partial charge in [-0.1, -0.05) is 31.4 Å². The van der Waals surface area contributed by atoms with Crippen LogP contribution < -0.4 is 11.1 Å². The Balaban J connectivity index is 0.00000176. The summed E-state index contributed by atoms with van der Waals surface area (Å²) in [5, 5.41) is 3.02. The molecule has 0 spiro atoms. The molecule has 0 radical (unpaired) electrons. The third kappa shape index (κ3) is 3.80. The molecule has 0 bridgehead atoms. The maximum absolute atomic E-state index is 12.3. The summed E-state index contributed by atoms with van der Waals surface area (Å²) in [6.07, 6.45) is 7.26. The van der Waals surface area contributed by atoms with Crippen molar-refractivity contribution in [2.24, 2.45) is 5.92 Å². The van der Waals surface area contributed by atoms with Gasteiger partial charge in [-0.15, -0.1) is 12.4 Å². The minimum atomic E-state index is 0. The summed E-state index contributed by atoms with van der Waals surface area (Å²) in [5.74, 6) is 0.683. The zero-order valence-corrected chi connectivity index (χ0v) is 13.2. The summed E-state index contributed by atoms with van der Waals surface area (Å²) in [4.78, 5) is 19.3. The number of carbonyl (C=O) groups excluding carboxylic acids is 1. The SMILES string of the molecule is Cl.Nc1ncc(-c2cccc(NC(=O)C3CCCCC3)c2)[nH]1. The molecule has 1 aliphatic carbocycles. The van der Waals surface area contributed by atoms with E-state index in [9.17, 15) is 4.79 Å². The van der Waals surface area contributed by atoms with Crippen molar-refractivity contribution in [1.82, 2.24) is 9.97 Å². The number of nitrogens with zero attached hydrogens (tertiary/aromatic N) is 1. The first-order valence-electron chi connectivity index (χ1n) is 7.44. The highest BCUT2D eigenvalue weighted by Crippen LogP contribution is 2.26. The van der Waals surface area contributed by atoms with Gasteiger partial charge in [0, 0.05) is 17.2 Å². The van der Waals surface area contributed by atoms with Gasteiger partial charge in [0.1, 0.15) is 0 Å². The first-order chi connectivity index (χ1) is 10.2. The monoisotopic (exact) mass is 320 g/mol. The number of halogens is 1. The Morgan fingerprint density at radius 2 is 2.05 bits per heavy atom. The van der Waals surface area contributed by atoms with E-state index < -0.39 is 0 Å². The molecule has 0 saturated heterocycles. The molecule has 1 aliphatic rings. The Hall–Kier alpha value is -2.01. The van der Waals surface area contributed by atoms with Crippen LogP contribution in [0.2, 0.25) is 0 Å². The molecule has 1 aromatic heterocycles. The van der Waals surface area contributed by atoms with Crippen LogP contribution in [0, 0.1) is 5.92 Å². The fraction of sp³-hybridized carbons (Fsp3) is 0.375. The number of nitrogen functional groups attached to an aromatic ring is 1. The molecule has 1 aromatic carbocycles. The van der Waals surface area contributed by atoms with E-state index in [4.69, 9.17) is 5.73 Å². The normalized spacial score (nSPS) is 15.1. The van der Waals surface area contributed by atoms with Crippen molar-refractivity contribution in [3.63, 3.8) is 0 Å². The Kier molecular flexibility index (Phi) is 5.44. The second kappa shape index (κ2) is 7.31. The number of benzene rings is 1. The van der Waals surface area contributed by atoms with Gasteiger partial charge in [0.05, 0.1) is 11.9 Å². The Bertz CT molecular complexity index is 635. The van der Waals surface area contributed by atoms with E-state index in [2.05, 4.69) is 15.3 Å². The van der Waals surface area contributed by atoms with Crippen molar-refractivity contribution in [2.45, 2.75) is 32.1 Å². The maximum atomic E-state index is 12.3. The fourth-order valence-electron chi connectivity index (χ4n) is 2.86. The highest BCUT2D eigenvalue weighted by atomic mass is 35.5. The molecule has 118 valence electrons. The van der Waals surface area contributed by atoms with Gasteiger partial charge in [-0.2, -0.15) is 0 Å². The average molecular weight is 321 g/mol. The van der Waals surface area contributed by atoms with Gasteiger partial charge in [0.15, 0.2) is 5.95 Å². The fourth-order valence-corrected chi connectivity index (χ4v) is 2.86. The lowest BCUT2D eigenvalue weighted by Crippen LogP contribution is -2.24. The summed E-state index contributed by atoms with van der Waals surface area (Å²) < 4.78 is 0. The van der Waals surface area contributed by atoms with Gasteiger partial charge in [0.2, 0.25) is 5.91 Å². The van der Waals surface area contributed by atoms with Crippen LogP contribution >= 0.6 is 12.4 Å². The van der Waals surface area contributed by atoms with Crippen LogP contribution in [0.4, 0.5) is 11.6 Å². The van der Waals surface area contributed by atoms with E-state index in [0.717, 1.165) is 42.6 Å². The lowest BCUT2D eigenvalue weighted by molar-refractivity contribution is -0.120. The molecule has 1 heterocycles. The van der Waals surface area contributed by atoms with Gasteiger partial charge in [-0.3, -0.25) is 4.79 Å². The van der Waals surface area contributed by atoms with Crippen LogP contribution in [-0.4, -0.2) is 15.9 Å². The molecule has 3 rings (SSSR count). The molecule has 4 N–H and O–H groups in total. The van der Waals surface area contributed by atoms with Crippen LogP contribution in [-0.2, 0) is 4.79 Å². The first kappa shape index (κ1) is 16.4. The zero-order valence-electron chi connectivity index (χ0n) is 12.3. The number of imidazole rings is 1. The Labute approximate surface area is 136 Å². The average Bonchev–Trinajstić information content (AvgIpc) is 2.95. The standard InChI is InChI=1S/C16H20N4O.ClH/c17-16-18-10-14(20-16)12-7-4-8-13(9-12)19-15(21)11-5-2-1-3-6-11;/h4,7-11H,1-3,5-6H2,(H,19,21)(H3,17,18,20);1H. The molecule has 6 heteroatoms. The minimum absolute atomic E-state index is 0. The van der Waals surface area contributed by atoms with E-state index in [0.29, 0.717) is 5.95 Å². The lowest BCUT2D eigenvalue weighted by Gasteiger charge is -2.20. The zero-order chi connectivity index (χ0) is 14.7. The molecule has 1 amide bonds. The van der Waals surface area contributed by atoms with Crippen molar-refractivity contribution < 1.29 is 4.79 Å². The van der Waals surface area contributed by atoms with E-state index in [1.54, 1.807) is 6.20 Å². The molecule has 0 unspecified atom stereocenters. The summed E-state index contributed by atoms with van der Waals surface area (Å²) in [6.45, 7) is 0. The van der Waals surface area contributed by atoms with Crippen LogP contribution in [0.3, 0.4) is 0 Å². The largest absolute Gasteiger partial charge is 0.369 e. The highest BCUT2D eigenvalue weighted by molar-refractivity contribution is 5.93. The number of hydrogen-bond acceptors (Lipinski definition) is 3. The van der Waals surface area contributed by atoms with Crippen LogP contribution in [0.1, 0.15) is 32.1 Å². The quantitative estimate of drug-likeness (QED) is 0.808. The Morgan fingerprint density at radius 3 is 2.73 bits per heavy atom. The van der Waals surface area contributed by atoms with Gasteiger partial charge in [-0.25, -0.2) is 4.98 Å². The van der Waals surface area contributed by atoms with Gasteiger partial charge in [-0.05, 0) is 25.0 Å². The third-order valence-electron chi connectivity index (χ3n) is 4.01. The van der Waals surface area contributed by atoms with Gasteiger partial charge < -0.3 is 16.0 Å². The van der Waals surface area contributed by atoms with E-state index in [1.807, 2.05) is 24.3 Å². The summed E-state index contributed by atoms with van der Waals surface area (Å²) in [7, 11) is 0. The van der Waals surface area contributed by atoms with Crippen molar-refractivity contribution in [2.75, 3.05) is 11.1 Å². The maximum Gasteiger partial charge on any atom is 0.227 e. The number of amides is 1. The van der Waals surface area contributed by atoms with Crippen molar-refractivity contribution in [3.8, 4) is 11.3 Å². The predicted octanol–water partition coefficient (Wildman–Crippen LogP) is 3.60. The summed E-state index contributed by atoms with van der Waals surface area (Å²) >= 11 is 0. The summed E-state index contributed by atoms with van der Waals surface area (Å²) in [6, 6.07) is 7.73. The van der Waals surface area contributed by atoms with E-state index in [-0.39, 0.29) is 24.2 Å². The molecular weight excluding hydrogens is 300 g/mol. The molecule has 0 atom stereocenters. The summed E-state index contributed by atoms with van der Waals surface area (Å²) in [5.41, 5.74) is 8.22. The molecule has 2 aromatic rings. The van der Waals surface area contributed by atoms with Crippen molar-refractivity contribution >= 4 is 29.9 Å². The van der Waals surface area contributed by atoms with E-state index >= 15 is 0 Å². The first-order valence-corrected chi connectivity index (χ1v) is 7.44. The Morgan fingerprint density at radius 1 is 1.27 bits per heavy atom. The predicted molar refractivity (Wildman–Crippen MR) is 90.9 cm³/mol. The number of anilines is 2. The van der Waals surface area contributed by atoms with Crippen molar-refractivity contribution in [1.29, 1.82) is 0 Å². The number of rotatable bonds is 3. The third-order valence-corrected chi connectivity index (χ3v) is 4.01. The van der Waals surface area contributed by atoms with Crippen LogP contribution in [0.25, 0.3) is 11.3 Å². The van der Waals surface area contributed by atoms with Crippen molar-refractivity contribution in [3.05, 3.63) is 30.5 Å². The van der Waals surface area contributed by atoms with Gasteiger partial charge >= 0.3 is 0 Å². The number of aromatic amines is 1. The second-order valence-corrected chi connectivity index (χ2v) is 5.59.